The Balaban J connectivity index is 2.01. The van der Waals surface area contributed by atoms with Crippen molar-refractivity contribution in [3.8, 4) is 11.8 Å². The van der Waals surface area contributed by atoms with E-state index in [1.807, 2.05) is 0 Å². The minimum atomic E-state index is 0.266. The Morgan fingerprint density at radius 2 is 1.81 bits per heavy atom. The molecular formula is C20H21N. The lowest BCUT2D eigenvalue weighted by Gasteiger charge is -2.28. The maximum absolute atomic E-state index is 3.65. The highest BCUT2D eigenvalue weighted by Crippen LogP contribution is 2.30. The Hall–Kier alpha value is -2.04. The molecule has 21 heavy (non-hydrogen) atoms. The van der Waals surface area contributed by atoms with Crippen molar-refractivity contribution in [2.75, 3.05) is 6.54 Å². The van der Waals surface area contributed by atoms with Crippen LogP contribution in [0, 0.1) is 11.8 Å². The molecule has 1 heterocycles. The molecular weight excluding hydrogens is 254 g/mol. The molecule has 0 saturated carbocycles. The summed E-state index contributed by atoms with van der Waals surface area (Å²) in [5.41, 5.74) is 5.31. The molecule has 0 aromatic heterocycles. The monoisotopic (exact) mass is 275 g/mol. The third kappa shape index (κ3) is 3.01. The third-order valence-corrected chi connectivity index (χ3v) is 3.98. The Morgan fingerprint density at radius 3 is 2.67 bits per heavy atom. The van der Waals surface area contributed by atoms with Crippen LogP contribution >= 0.6 is 0 Å². The summed E-state index contributed by atoms with van der Waals surface area (Å²) >= 11 is 0. The largest absolute Gasteiger partial charge is 0.306 e. The summed E-state index contributed by atoms with van der Waals surface area (Å²) in [6, 6.07) is 17.5. The van der Waals surface area contributed by atoms with Crippen molar-refractivity contribution in [2.24, 2.45) is 0 Å². The van der Waals surface area contributed by atoms with Crippen LogP contribution < -0.4 is 5.32 Å². The molecule has 0 saturated heterocycles. The van der Waals surface area contributed by atoms with E-state index in [1.165, 1.54) is 16.7 Å². The van der Waals surface area contributed by atoms with Crippen LogP contribution in [-0.4, -0.2) is 6.54 Å². The van der Waals surface area contributed by atoms with Gasteiger partial charge in [-0.05, 0) is 35.6 Å². The fourth-order valence-electron chi connectivity index (χ4n) is 2.93. The summed E-state index contributed by atoms with van der Waals surface area (Å²) < 4.78 is 0. The summed E-state index contributed by atoms with van der Waals surface area (Å²) in [5.74, 6) is 6.63. The first-order valence-electron chi connectivity index (χ1n) is 7.79. The predicted octanol–water partition coefficient (Wildman–Crippen LogP) is 4.07. The first kappa shape index (κ1) is 13.9. The summed E-state index contributed by atoms with van der Waals surface area (Å²) in [4.78, 5) is 0. The van der Waals surface area contributed by atoms with Gasteiger partial charge in [0.15, 0.2) is 0 Å². The molecule has 106 valence electrons. The topological polar surface area (TPSA) is 12.0 Å². The van der Waals surface area contributed by atoms with Gasteiger partial charge in [-0.15, -0.1) is 0 Å². The Kier molecular flexibility index (Phi) is 4.38. The first-order chi connectivity index (χ1) is 10.4. The van der Waals surface area contributed by atoms with Gasteiger partial charge in [0.1, 0.15) is 0 Å². The highest BCUT2D eigenvalue weighted by molar-refractivity contribution is 5.48. The van der Waals surface area contributed by atoms with E-state index in [-0.39, 0.29) is 6.04 Å². The fourth-order valence-corrected chi connectivity index (χ4v) is 2.93. The molecule has 1 unspecified atom stereocenters. The fraction of sp³-hybridized carbons (Fsp3) is 0.300. The number of benzene rings is 2. The van der Waals surface area contributed by atoms with Gasteiger partial charge in [0.25, 0.3) is 0 Å². The summed E-state index contributed by atoms with van der Waals surface area (Å²) in [7, 11) is 0. The van der Waals surface area contributed by atoms with Crippen LogP contribution in [0.1, 0.15) is 48.1 Å². The van der Waals surface area contributed by atoms with Crippen molar-refractivity contribution in [3.63, 3.8) is 0 Å². The van der Waals surface area contributed by atoms with Gasteiger partial charge < -0.3 is 5.32 Å². The Bertz CT molecular complexity index is 675. The molecule has 0 spiro atoms. The van der Waals surface area contributed by atoms with Gasteiger partial charge in [-0.25, -0.2) is 0 Å². The van der Waals surface area contributed by atoms with Crippen molar-refractivity contribution in [1.82, 2.24) is 5.32 Å². The van der Waals surface area contributed by atoms with Crippen molar-refractivity contribution < 1.29 is 0 Å². The molecule has 1 aliphatic rings. The smallest absolute Gasteiger partial charge is 0.0591 e. The third-order valence-electron chi connectivity index (χ3n) is 3.98. The van der Waals surface area contributed by atoms with E-state index in [2.05, 4.69) is 72.6 Å². The summed E-state index contributed by atoms with van der Waals surface area (Å²) in [6.45, 7) is 3.19. The van der Waals surface area contributed by atoms with Gasteiger partial charge in [-0.2, -0.15) is 0 Å². The molecule has 0 amide bonds. The second kappa shape index (κ2) is 6.61. The molecule has 1 aliphatic heterocycles. The maximum Gasteiger partial charge on any atom is 0.0591 e. The number of unbranched alkanes of at least 4 members (excludes halogenated alkanes) is 1. The van der Waals surface area contributed by atoms with Crippen molar-refractivity contribution in [1.29, 1.82) is 0 Å². The quantitative estimate of drug-likeness (QED) is 0.815. The summed E-state index contributed by atoms with van der Waals surface area (Å²) in [5, 5.41) is 3.65. The van der Waals surface area contributed by atoms with Gasteiger partial charge in [0.05, 0.1) is 6.04 Å². The molecule has 1 N–H and O–H groups in total. The number of rotatable bonds is 2. The minimum Gasteiger partial charge on any atom is -0.306 e. The molecule has 2 aromatic carbocycles. The van der Waals surface area contributed by atoms with E-state index in [1.54, 1.807) is 0 Å². The molecule has 0 fully saturated rings. The zero-order valence-corrected chi connectivity index (χ0v) is 12.5. The van der Waals surface area contributed by atoms with Crippen LogP contribution in [0.5, 0.6) is 0 Å². The second-order valence-electron chi connectivity index (χ2n) is 5.47. The van der Waals surface area contributed by atoms with Gasteiger partial charge in [0.2, 0.25) is 0 Å². The van der Waals surface area contributed by atoms with Crippen LogP contribution in [0.25, 0.3) is 0 Å². The number of nitrogens with one attached hydrogen (secondary N) is 1. The Morgan fingerprint density at radius 1 is 1.05 bits per heavy atom. The molecule has 3 rings (SSSR count). The van der Waals surface area contributed by atoms with Crippen LogP contribution in [0.2, 0.25) is 0 Å². The number of hydrogen-bond acceptors (Lipinski definition) is 1. The van der Waals surface area contributed by atoms with E-state index in [0.29, 0.717) is 0 Å². The van der Waals surface area contributed by atoms with Crippen LogP contribution in [-0.2, 0) is 6.42 Å². The summed E-state index contributed by atoms with van der Waals surface area (Å²) in [6.07, 6.45) is 3.18. The highest BCUT2D eigenvalue weighted by atomic mass is 14.9. The van der Waals surface area contributed by atoms with E-state index in [0.717, 1.165) is 31.4 Å². The lowest BCUT2D eigenvalue weighted by molar-refractivity contribution is 0.567. The lowest BCUT2D eigenvalue weighted by atomic mass is 9.88. The molecule has 0 bridgehead atoms. The molecule has 1 atom stereocenters. The zero-order chi connectivity index (χ0) is 14.5. The second-order valence-corrected chi connectivity index (χ2v) is 5.47. The predicted molar refractivity (Wildman–Crippen MR) is 88.2 cm³/mol. The van der Waals surface area contributed by atoms with Crippen molar-refractivity contribution >= 4 is 0 Å². The first-order valence-corrected chi connectivity index (χ1v) is 7.79. The molecule has 0 radical (unpaired) electrons. The van der Waals surface area contributed by atoms with E-state index >= 15 is 0 Å². The highest BCUT2D eigenvalue weighted by Gasteiger charge is 2.22. The van der Waals surface area contributed by atoms with Gasteiger partial charge >= 0.3 is 0 Å². The zero-order valence-electron chi connectivity index (χ0n) is 12.5. The average Bonchev–Trinajstić information content (AvgIpc) is 2.55. The van der Waals surface area contributed by atoms with Crippen molar-refractivity contribution in [2.45, 2.75) is 32.2 Å². The molecule has 0 aliphatic carbocycles. The average molecular weight is 275 g/mol. The maximum atomic E-state index is 3.65. The van der Waals surface area contributed by atoms with Crippen LogP contribution in [0.15, 0.2) is 48.5 Å². The van der Waals surface area contributed by atoms with Gasteiger partial charge in [0, 0.05) is 18.5 Å². The van der Waals surface area contributed by atoms with E-state index < -0.39 is 0 Å². The minimum absolute atomic E-state index is 0.266. The molecule has 2 aromatic rings. The number of hydrogen-bond donors (Lipinski definition) is 1. The van der Waals surface area contributed by atoms with Gasteiger partial charge in [-0.3, -0.25) is 0 Å². The van der Waals surface area contributed by atoms with E-state index in [9.17, 15) is 0 Å². The molecule has 1 nitrogen and oxygen atoms in total. The normalized spacial score (nSPS) is 16.7. The Labute approximate surface area is 127 Å². The standard InChI is InChI=1S/C20H21N/c1-2-3-4-9-16-10-5-7-12-18(16)20-19-13-8-6-11-17(19)14-15-21-20/h5-8,10-13,20-21H,2-3,14-15H2,1H3. The van der Waals surface area contributed by atoms with Crippen LogP contribution in [0.3, 0.4) is 0 Å². The van der Waals surface area contributed by atoms with E-state index in [4.69, 9.17) is 0 Å². The lowest BCUT2D eigenvalue weighted by Crippen LogP contribution is -2.31. The number of fused-ring (bicyclic) bond motifs is 1. The molecule has 1 heteroatoms. The van der Waals surface area contributed by atoms with Crippen molar-refractivity contribution in [3.05, 3.63) is 70.8 Å². The SMILES string of the molecule is CCCC#Cc1ccccc1C1NCCc2ccccc21. The van der Waals surface area contributed by atoms with Gasteiger partial charge in [-0.1, -0.05) is 61.2 Å². The van der Waals surface area contributed by atoms with Crippen LogP contribution in [0.4, 0.5) is 0 Å².